The summed E-state index contributed by atoms with van der Waals surface area (Å²) in [7, 11) is 1.52. The molecule has 0 radical (unpaired) electrons. The molecule has 2 rings (SSSR count). The zero-order chi connectivity index (χ0) is 14.9. The number of benzene rings is 2. The molecule has 2 aromatic carbocycles. The molecule has 106 valence electrons. The molecule has 0 aliphatic heterocycles. The van der Waals surface area contributed by atoms with Gasteiger partial charge in [0.05, 0.1) is 17.0 Å². The molecule has 0 saturated carbocycles. The van der Waals surface area contributed by atoms with E-state index in [0.717, 1.165) is 15.6 Å². The summed E-state index contributed by atoms with van der Waals surface area (Å²) >= 11 is 19.3. The minimum absolute atomic E-state index is 0.288. The molecule has 0 aliphatic carbocycles. The molecule has 0 aromatic heterocycles. The highest BCUT2D eigenvalue weighted by Crippen LogP contribution is 2.42. The fourth-order valence-corrected chi connectivity index (χ4v) is 3.96. The predicted molar refractivity (Wildman–Crippen MR) is 87.9 cm³/mol. The van der Waals surface area contributed by atoms with E-state index in [1.807, 2.05) is 0 Å². The fraction of sp³-hybridized carbons (Fsp3) is 0.143. The summed E-state index contributed by atoms with van der Waals surface area (Å²) in [6, 6.07) is 7.83. The summed E-state index contributed by atoms with van der Waals surface area (Å²) in [6.07, 6.45) is 0. The van der Waals surface area contributed by atoms with Crippen LogP contribution >= 0.6 is 55.1 Å². The van der Waals surface area contributed by atoms with Gasteiger partial charge < -0.3 is 4.74 Å². The lowest BCUT2D eigenvalue weighted by Crippen LogP contribution is -1.97. The summed E-state index contributed by atoms with van der Waals surface area (Å²) in [4.78, 5) is -0.288. The first kappa shape index (κ1) is 16.1. The zero-order valence-corrected chi connectivity index (χ0v) is 14.9. The highest BCUT2D eigenvalue weighted by Gasteiger charge is 2.19. The molecule has 1 atom stereocenters. The predicted octanol–water partition coefficient (Wildman–Crippen LogP) is 6.39. The molecule has 20 heavy (non-hydrogen) atoms. The van der Waals surface area contributed by atoms with Crippen LogP contribution in [0.15, 0.2) is 34.8 Å². The third-order valence-corrected chi connectivity index (χ3v) is 5.11. The minimum atomic E-state index is -0.316. The first-order valence-electron chi connectivity index (χ1n) is 5.56. The van der Waals surface area contributed by atoms with Gasteiger partial charge in [0.2, 0.25) is 0 Å². The monoisotopic (exact) mass is 440 g/mol. The van der Waals surface area contributed by atoms with E-state index in [1.165, 1.54) is 19.2 Å². The minimum Gasteiger partial charge on any atom is -0.495 e. The lowest BCUT2D eigenvalue weighted by molar-refractivity contribution is 0.415. The maximum atomic E-state index is 13.4. The van der Waals surface area contributed by atoms with Crippen molar-refractivity contribution in [3.8, 4) is 5.75 Å². The van der Waals surface area contributed by atoms with Crippen LogP contribution in [-0.2, 0) is 0 Å². The molecule has 0 N–H and O–H groups in total. The number of ether oxygens (including phenoxy) is 1. The lowest BCUT2D eigenvalue weighted by atomic mass is 10.0. The average molecular weight is 443 g/mol. The SMILES string of the molecule is COc1cc(Cl)c(C(Br)c2cc(F)ccc2Br)cc1Cl. The molecular weight excluding hydrogens is 434 g/mol. The van der Waals surface area contributed by atoms with Crippen molar-refractivity contribution in [2.24, 2.45) is 0 Å². The second kappa shape index (κ2) is 6.65. The Morgan fingerprint density at radius 1 is 1.10 bits per heavy atom. The molecule has 0 bridgehead atoms. The van der Waals surface area contributed by atoms with Gasteiger partial charge in [-0.15, -0.1) is 0 Å². The summed E-state index contributed by atoms with van der Waals surface area (Å²) in [6.45, 7) is 0. The lowest BCUT2D eigenvalue weighted by Gasteiger charge is -2.16. The molecule has 0 amide bonds. The van der Waals surface area contributed by atoms with Crippen LogP contribution in [0.1, 0.15) is 16.0 Å². The van der Waals surface area contributed by atoms with Gasteiger partial charge in [-0.2, -0.15) is 0 Å². The van der Waals surface area contributed by atoms with Crippen LogP contribution in [0.4, 0.5) is 4.39 Å². The van der Waals surface area contributed by atoms with E-state index in [-0.39, 0.29) is 10.6 Å². The molecular formula is C14H9Br2Cl2FO. The summed E-state index contributed by atoms with van der Waals surface area (Å²) in [5, 5.41) is 0.938. The van der Waals surface area contributed by atoms with Crippen molar-refractivity contribution in [2.75, 3.05) is 7.11 Å². The Bertz CT molecular complexity index is 649. The van der Waals surface area contributed by atoms with E-state index in [1.54, 1.807) is 18.2 Å². The highest BCUT2D eigenvalue weighted by molar-refractivity contribution is 9.11. The van der Waals surface area contributed by atoms with Crippen molar-refractivity contribution in [3.63, 3.8) is 0 Å². The van der Waals surface area contributed by atoms with Gasteiger partial charge in [-0.3, -0.25) is 0 Å². The van der Waals surface area contributed by atoms with Crippen molar-refractivity contribution < 1.29 is 9.13 Å². The molecule has 1 unspecified atom stereocenters. The zero-order valence-electron chi connectivity index (χ0n) is 10.3. The highest BCUT2D eigenvalue weighted by atomic mass is 79.9. The van der Waals surface area contributed by atoms with Crippen LogP contribution in [0.25, 0.3) is 0 Å². The Labute approximate surface area is 143 Å². The van der Waals surface area contributed by atoms with Gasteiger partial charge in [0, 0.05) is 15.6 Å². The summed E-state index contributed by atoms with van der Waals surface area (Å²) in [5.74, 6) is 0.182. The van der Waals surface area contributed by atoms with Crippen molar-refractivity contribution in [2.45, 2.75) is 4.83 Å². The van der Waals surface area contributed by atoms with Gasteiger partial charge >= 0.3 is 0 Å². The van der Waals surface area contributed by atoms with Crippen LogP contribution in [0.2, 0.25) is 10.0 Å². The largest absolute Gasteiger partial charge is 0.495 e. The smallest absolute Gasteiger partial charge is 0.138 e. The van der Waals surface area contributed by atoms with Crippen LogP contribution < -0.4 is 4.74 Å². The Hall–Kier alpha value is -0.290. The van der Waals surface area contributed by atoms with E-state index >= 15 is 0 Å². The maximum absolute atomic E-state index is 13.4. The topological polar surface area (TPSA) is 9.23 Å². The molecule has 0 spiro atoms. The number of hydrogen-bond acceptors (Lipinski definition) is 1. The second-order valence-electron chi connectivity index (χ2n) is 4.04. The van der Waals surface area contributed by atoms with Crippen LogP contribution in [-0.4, -0.2) is 7.11 Å². The Kier molecular flexibility index (Phi) is 5.35. The van der Waals surface area contributed by atoms with Crippen LogP contribution in [0, 0.1) is 5.82 Å². The van der Waals surface area contributed by atoms with Crippen molar-refractivity contribution >= 4 is 55.1 Å². The van der Waals surface area contributed by atoms with Crippen molar-refractivity contribution in [1.82, 2.24) is 0 Å². The average Bonchev–Trinajstić information content (AvgIpc) is 2.42. The quantitative estimate of drug-likeness (QED) is 0.500. The van der Waals surface area contributed by atoms with Gasteiger partial charge in [0.15, 0.2) is 0 Å². The van der Waals surface area contributed by atoms with E-state index in [9.17, 15) is 4.39 Å². The Morgan fingerprint density at radius 2 is 1.80 bits per heavy atom. The first-order valence-corrected chi connectivity index (χ1v) is 8.02. The summed E-state index contributed by atoms with van der Waals surface area (Å²) < 4.78 is 19.3. The number of methoxy groups -OCH3 is 1. The standard InChI is InChI=1S/C14H9Br2Cl2FO/c1-20-13-6-11(17)9(5-12(13)18)14(16)8-4-7(19)2-3-10(8)15/h2-6,14H,1H3. The summed E-state index contributed by atoms with van der Waals surface area (Å²) in [5.41, 5.74) is 1.47. The normalized spacial score (nSPS) is 12.3. The molecule has 1 nitrogen and oxygen atoms in total. The van der Waals surface area contributed by atoms with Gasteiger partial charge in [-0.25, -0.2) is 4.39 Å². The second-order valence-corrected chi connectivity index (χ2v) is 6.62. The third-order valence-electron chi connectivity index (χ3n) is 2.78. The molecule has 0 heterocycles. The fourth-order valence-electron chi connectivity index (χ4n) is 1.77. The molecule has 2 aromatic rings. The molecule has 0 aliphatic rings. The number of alkyl halides is 1. The molecule has 6 heteroatoms. The van der Waals surface area contributed by atoms with Crippen molar-refractivity contribution in [1.29, 1.82) is 0 Å². The molecule has 0 fully saturated rings. The first-order chi connectivity index (χ1) is 9.43. The van der Waals surface area contributed by atoms with E-state index in [4.69, 9.17) is 27.9 Å². The maximum Gasteiger partial charge on any atom is 0.138 e. The number of hydrogen-bond donors (Lipinski definition) is 0. The van der Waals surface area contributed by atoms with Gasteiger partial charge in [0.25, 0.3) is 0 Å². The third kappa shape index (κ3) is 3.30. The Morgan fingerprint density at radius 3 is 2.45 bits per heavy atom. The van der Waals surface area contributed by atoms with Crippen LogP contribution in [0.5, 0.6) is 5.75 Å². The number of rotatable bonds is 3. The number of halogens is 5. The van der Waals surface area contributed by atoms with Gasteiger partial charge in [-0.05, 0) is 35.4 Å². The van der Waals surface area contributed by atoms with E-state index in [2.05, 4.69) is 31.9 Å². The van der Waals surface area contributed by atoms with Gasteiger partial charge in [-0.1, -0.05) is 55.1 Å². The van der Waals surface area contributed by atoms with E-state index < -0.39 is 0 Å². The van der Waals surface area contributed by atoms with Crippen molar-refractivity contribution in [3.05, 3.63) is 61.8 Å². The molecule has 0 saturated heterocycles. The Balaban J connectivity index is 2.50. The van der Waals surface area contributed by atoms with E-state index in [0.29, 0.717) is 15.8 Å². The van der Waals surface area contributed by atoms with Crippen LogP contribution in [0.3, 0.4) is 0 Å². The van der Waals surface area contributed by atoms with Gasteiger partial charge in [0.1, 0.15) is 11.6 Å².